The first-order valence-electron chi connectivity index (χ1n) is 14.7. The Hall–Kier alpha value is -6.96. The molecule has 238 valence electrons. The van der Waals surface area contributed by atoms with E-state index in [1.54, 1.807) is 72.9 Å². The largest absolute Gasteiger partial charge is 0.326 e. The van der Waals surface area contributed by atoms with Gasteiger partial charge in [0.2, 0.25) is 29.7 Å². The minimum absolute atomic E-state index is 0.0378. The van der Waals surface area contributed by atoms with Gasteiger partial charge in [-0.05, 0) is 66.7 Å². The van der Waals surface area contributed by atoms with Crippen molar-refractivity contribution in [3.05, 3.63) is 120 Å². The molecule has 1 aliphatic heterocycles. The van der Waals surface area contributed by atoms with Crippen molar-refractivity contribution in [1.29, 1.82) is 0 Å². The summed E-state index contributed by atoms with van der Waals surface area (Å²) < 4.78 is 0. The van der Waals surface area contributed by atoms with Crippen LogP contribution in [0.3, 0.4) is 0 Å². The molecule has 2 aromatic heterocycles. The van der Waals surface area contributed by atoms with Gasteiger partial charge >= 0.3 is 0 Å². The number of pyridine rings is 1. The first-order valence-corrected chi connectivity index (χ1v) is 14.7. The zero-order chi connectivity index (χ0) is 33.5. The quantitative estimate of drug-likeness (QED) is 0.126. The van der Waals surface area contributed by atoms with Gasteiger partial charge in [-0.15, -0.1) is 0 Å². The van der Waals surface area contributed by atoms with E-state index >= 15 is 0 Å². The van der Waals surface area contributed by atoms with E-state index in [2.05, 4.69) is 51.6 Å². The standard InChI is InChI=1S/C34H29N11O3/c1-21(46)36-24-11-15-26(16-12-24)38-32-41-33(39-27-17-13-25(14-18-27)37-22(2)47)43-34(42-32)44-45-30(23-8-4-3-5-9-23)40-29(31(45)48)20-28-10-6-7-19-35-28/h3-20H,1-2H3,(H,36,46)(H,37,47)(H3,38,39,41,42,43,44)/b29-20+. The number of benzene rings is 3. The second kappa shape index (κ2) is 14.0. The van der Waals surface area contributed by atoms with Crippen LogP contribution in [0.5, 0.6) is 0 Å². The van der Waals surface area contributed by atoms with Gasteiger partial charge in [0.1, 0.15) is 5.70 Å². The van der Waals surface area contributed by atoms with Gasteiger partial charge in [0.25, 0.3) is 5.91 Å². The molecule has 0 saturated heterocycles. The molecule has 0 aliphatic carbocycles. The molecule has 5 N–H and O–H groups in total. The fourth-order valence-electron chi connectivity index (χ4n) is 4.58. The maximum absolute atomic E-state index is 13.8. The van der Waals surface area contributed by atoms with Crippen molar-refractivity contribution >= 4 is 70.2 Å². The van der Waals surface area contributed by atoms with Crippen molar-refractivity contribution in [2.24, 2.45) is 4.99 Å². The molecule has 5 aromatic rings. The van der Waals surface area contributed by atoms with Crippen LogP contribution in [-0.4, -0.2) is 48.5 Å². The number of aliphatic imine (C=N–C) groups is 1. The predicted molar refractivity (Wildman–Crippen MR) is 184 cm³/mol. The summed E-state index contributed by atoms with van der Waals surface area (Å²) in [7, 11) is 0. The van der Waals surface area contributed by atoms with Crippen molar-refractivity contribution < 1.29 is 14.4 Å². The molecule has 0 atom stereocenters. The molecule has 1 aliphatic rings. The number of anilines is 7. The van der Waals surface area contributed by atoms with Gasteiger partial charge in [0.05, 0.1) is 5.69 Å². The number of carbonyl (C=O) groups excluding carboxylic acids is 3. The lowest BCUT2D eigenvalue weighted by atomic mass is 10.2. The number of hydrogen-bond donors (Lipinski definition) is 5. The van der Waals surface area contributed by atoms with Gasteiger partial charge in [0.15, 0.2) is 5.84 Å². The summed E-state index contributed by atoms with van der Waals surface area (Å²) in [6.45, 7) is 2.87. The number of amides is 3. The summed E-state index contributed by atoms with van der Waals surface area (Å²) in [5, 5.41) is 13.0. The molecule has 14 nitrogen and oxygen atoms in total. The molecule has 48 heavy (non-hydrogen) atoms. The monoisotopic (exact) mass is 639 g/mol. The fourth-order valence-corrected chi connectivity index (χ4v) is 4.58. The van der Waals surface area contributed by atoms with Gasteiger partial charge in [-0.25, -0.2) is 4.99 Å². The molecular formula is C34H29N11O3. The Morgan fingerprint density at radius 3 is 1.69 bits per heavy atom. The number of nitrogens with one attached hydrogen (secondary N) is 5. The van der Waals surface area contributed by atoms with E-state index in [-0.39, 0.29) is 35.4 Å². The average molecular weight is 640 g/mol. The smallest absolute Gasteiger partial charge is 0.297 e. The third kappa shape index (κ3) is 7.81. The van der Waals surface area contributed by atoms with Crippen LogP contribution in [0.25, 0.3) is 6.08 Å². The summed E-state index contributed by atoms with van der Waals surface area (Å²) in [4.78, 5) is 59.2. The topological polar surface area (TPSA) is 179 Å². The third-order valence-corrected chi connectivity index (χ3v) is 6.63. The van der Waals surface area contributed by atoms with Crippen LogP contribution in [0.2, 0.25) is 0 Å². The Morgan fingerprint density at radius 2 is 1.17 bits per heavy atom. The van der Waals surface area contributed by atoms with Crippen molar-refractivity contribution in [1.82, 2.24) is 24.9 Å². The van der Waals surface area contributed by atoms with Crippen LogP contribution in [0, 0.1) is 0 Å². The molecule has 0 radical (unpaired) electrons. The molecule has 3 heterocycles. The van der Waals surface area contributed by atoms with E-state index in [4.69, 9.17) is 0 Å². The number of nitrogens with zero attached hydrogens (tertiary/aromatic N) is 6. The maximum Gasteiger partial charge on any atom is 0.297 e. The van der Waals surface area contributed by atoms with Gasteiger partial charge in [-0.2, -0.15) is 20.0 Å². The minimum atomic E-state index is -0.439. The first-order chi connectivity index (χ1) is 23.3. The Bertz CT molecular complexity index is 1940. The third-order valence-electron chi connectivity index (χ3n) is 6.63. The summed E-state index contributed by atoms with van der Waals surface area (Å²) >= 11 is 0. The molecule has 0 bridgehead atoms. The number of carbonyl (C=O) groups is 3. The van der Waals surface area contributed by atoms with Crippen molar-refractivity contribution in [2.75, 3.05) is 26.7 Å². The van der Waals surface area contributed by atoms with Crippen LogP contribution in [-0.2, 0) is 14.4 Å². The molecule has 14 heteroatoms. The van der Waals surface area contributed by atoms with E-state index in [0.717, 1.165) is 0 Å². The highest BCUT2D eigenvalue weighted by Gasteiger charge is 2.32. The minimum Gasteiger partial charge on any atom is -0.326 e. The number of rotatable bonds is 10. The van der Waals surface area contributed by atoms with Crippen molar-refractivity contribution in [2.45, 2.75) is 13.8 Å². The number of aromatic nitrogens is 4. The van der Waals surface area contributed by atoms with E-state index in [1.165, 1.54) is 18.9 Å². The van der Waals surface area contributed by atoms with Crippen molar-refractivity contribution in [3.63, 3.8) is 0 Å². The summed E-state index contributed by atoms with van der Waals surface area (Å²) in [6.07, 6.45) is 3.24. The van der Waals surface area contributed by atoms with E-state index in [0.29, 0.717) is 39.8 Å². The molecular weight excluding hydrogens is 610 g/mol. The van der Waals surface area contributed by atoms with Gasteiger partial charge in [-0.3, -0.25) is 24.8 Å². The molecule has 0 unspecified atom stereocenters. The molecule has 0 saturated carbocycles. The Labute approximate surface area is 275 Å². The zero-order valence-corrected chi connectivity index (χ0v) is 25.8. The second-order valence-corrected chi connectivity index (χ2v) is 10.4. The van der Waals surface area contributed by atoms with E-state index in [1.807, 2.05) is 36.4 Å². The van der Waals surface area contributed by atoms with Crippen LogP contribution in [0.1, 0.15) is 25.1 Å². The van der Waals surface area contributed by atoms with Gasteiger partial charge in [0, 0.05) is 48.4 Å². The number of hydrazine groups is 1. The summed E-state index contributed by atoms with van der Waals surface area (Å²) in [5.41, 5.74) is 6.99. The van der Waals surface area contributed by atoms with Crippen LogP contribution >= 0.6 is 0 Å². The first kappa shape index (κ1) is 31.0. The van der Waals surface area contributed by atoms with Gasteiger partial charge in [-0.1, -0.05) is 36.4 Å². The average Bonchev–Trinajstić information content (AvgIpc) is 3.37. The molecule has 6 rings (SSSR count). The molecule has 3 amide bonds. The zero-order valence-electron chi connectivity index (χ0n) is 25.8. The SMILES string of the molecule is CC(=O)Nc1ccc(Nc2nc(Nc3ccc(NC(C)=O)cc3)nc(NN3C(=O)/C(=C\c4ccccn4)N=C3c3ccccc3)n2)cc1. The lowest BCUT2D eigenvalue weighted by molar-refractivity contribution is -0.121. The number of hydrogen-bond acceptors (Lipinski definition) is 11. The van der Waals surface area contributed by atoms with Crippen LogP contribution in [0.15, 0.2) is 114 Å². The normalized spacial score (nSPS) is 13.1. The lowest BCUT2D eigenvalue weighted by Gasteiger charge is -2.20. The van der Waals surface area contributed by atoms with E-state index < -0.39 is 5.91 Å². The summed E-state index contributed by atoms with van der Waals surface area (Å²) in [5.74, 6) is -0.107. The Morgan fingerprint density at radius 1 is 0.646 bits per heavy atom. The van der Waals surface area contributed by atoms with Crippen LogP contribution in [0.4, 0.5) is 40.6 Å². The van der Waals surface area contributed by atoms with E-state index in [9.17, 15) is 14.4 Å². The van der Waals surface area contributed by atoms with Crippen LogP contribution < -0.4 is 26.7 Å². The molecule has 0 spiro atoms. The summed E-state index contributed by atoms with van der Waals surface area (Å²) in [6, 6.07) is 28.6. The predicted octanol–water partition coefficient (Wildman–Crippen LogP) is 5.33. The highest BCUT2D eigenvalue weighted by atomic mass is 16.2. The highest BCUT2D eigenvalue weighted by Crippen LogP contribution is 2.25. The molecule has 3 aromatic carbocycles. The lowest BCUT2D eigenvalue weighted by Crippen LogP contribution is -2.38. The number of amidine groups is 1. The Kier molecular flexibility index (Phi) is 9.05. The molecule has 0 fully saturated rings. The maximum atomic E-state index is 13.8. The van der Waals surface area contributed by atoms with Crippen molar-refractivity contribution in [3.8, 4) is 0 Å². The second-order valence-electron chi connectivity index (χ2n) is 10.4. The highest BCUT2D eigenvalue weighted by molar-refractivity contribution is 6.20. The fraction of sp³-hybridized carbons (Fsp3) is 0.0588. The Balaban J connectivity index is 1.33. The van der Waals surface area contributed by atoms with Gasteiger partial charge < -0.3 is 21.3 Å².